The Morgan fingerprint density at radius 1 is 1.38 bits per heavy atom. The van der Waals surface area contributed by atoms with Gasteiger partial charge in [-0.1, -0.05) is 13.3 Å². The number of nitrogens with one attached hydrogen (secondary N) is 2. The fraction of sp³-hybridized carbons (Fsp3) is 0.562. The van der Waals surface area contributed by atoms with E-state index < -0.39 is 5.54 Å². The van der Waals surface area contributed by atoms with Gasteiger partial charge in [0, 0.05) is 25.5 Å². The fourth-order valence-corrected chi connectivity index (χ4v) is 2.40. The van der Waals surface area contributed by atoms with E-state index in [1.807, 2.05) is 58.0 Å². The van der Waals surface area contributed by atoms with E-state index >= 15 is 0 Å². The van der Waals surface area contributed by atoms with Crippen LogP contribution in [-0.4, -0.2) is 37.4 Å². The Kier molecular flexibility index (Phi) is 6.03. The molecule has 0 heterocycles. The quantitative estimate of drug-likeness (QED) is 0.755. The number of nitrogens with zero attached hydrogens (tertiary/aromatic N) is 1. The average Bonchev–Trinajstić information content (AvgIpc) is 2.38. The Labute approximate surface area is 127 Å². The van der Waals surface area contributed by atoms with Gasteiger partial charge in [0.1, 0.15) is 0 Å². The number of benzene rings is 1. The van der Waals surface area contributed by atoms with Crippen molar-refractivity contribution in [1.29, 1.82) is 0 Å². The number of amides is 2. The number of urea groups is 1. The molecule has 3 N–H and O–H groups in total. The molecule has 1 unspecified atom stereocenters. The zero-order chi connectivity index (χ0) is 16.0. The Hall–Kier alpha value is -1.75. The third-order valence-corrected chi connectivity index (χ3v) is 3.50. The molecule has 2 amide bonds. The van der Waals surface area contributed by atoms with Crippen LogP contribution in [0.3, 0.4) is 0 Å². The lowest BCUT2D eigenvalue weighted by Gasteiger charge is -2.28. The second kappa shape index (κ2) is 7.31. The Bertz CT molecular complexity index is 488. The summed E-state index contributed by atoms with van der Waals surface area (Å²) in [6.07, 6.45) is 1.63. The zero-order valence-electron chi connectivity index (χ0n) is 13.7. The normalized spacial score (nSPS) is 13.4. The second-order valence-corrected chi connectivity index (χ2v) is 5.94. The van der Waals surface area contributed by atoms with Crippen molar-refractivity contribution < 1.29 is 9.90 Å². The van der Waals surface area contributed by atoms with E-state index in [-0.39, 0.29) is 12.6 Å². The number of rotatable bonds is 6. The van der Waals surface area contributed by atoms with Crippen LogP contribution in [0.15, 0.2) is 18.2 Å². The minimum absolute atomic E-state index is 0.0765. The van der Waals surface area contributed by atoms with Crippen LogP contribution < -0.4 is 15.5 Å². The van der Waals surface area contributed by atoms with Crippen molar-refractivity contribution in [3.05, 3.63) is 23.8 Å². The maximum atomic E-state index is 12.0. The summed E-state index contributed by atoms with van der Waals surface area (Å²) >= 11 is 0. The van der Waals surface area contributed by atoms with Crippen LogP contribution in [0.5, 0.6) is 0 Å². The van der Waals surface area contributed by atoms with Crippen molar-refractivity contribution >= 4 is 17.4 Å². The van der Waals surface area contributed by atoms with Crippen LogP contribution >= 0.6 is 0 Å². The molecular formula is C16H27N3O2. The highest BCUT2D eigenvalue weighted by atomic mass is 16.3. The first kappa shape index (κ1) is 17.3. The van der Waals surface area contributed by atoms with Gasteiger partial charge in [-0.15, -0.1) is 0 Å². The van der Waals surface area contributed by atoms with Crippen LogP contribution in [0, 0.1) is 6.92 Å². The molecular weight excluding hydrogens is 266 g/mol. The number of carbonyl (C=O) groups is 1. The van der Waals surface area contributed by atoms with Gasteiger partial charge in [-0.3, -0.25) is 0 Å². The summed E-state index contributed by atoms with van der Waals surface area (Å²) in [5.74, 6) is 0. The van der Waals surface area contributed by atoms with Crippen molar-refractivity contribution in [2.24, 2.45) is 0 Å². The molecule has 0 aliphatic carbocycles. The lowest BCUT2D eigenvalue weighted by atomic mass is 9.98. The van der Waals surface area contributed by atoms with Gasteiger partial charge < -0.3 is 20.6 Å². The summed E-state index contributed by atoms with van der Waals surface area (Å²) in [4.78, 5) is 14.1. The second-order valence-electron chi connectivity index (χ2n) is 5.94. The van der Waals surface area contributed by atoms with Gasteiger partial charge in [-0.2, -0.15) is 0 Å². The number of aliphatic hydroxyl groups excluding tert-OH is 1. The number of hydrogen-bond donors (Lipinski definition) is 3. The van der Waals surface area contributed by atoms with Gasteiger partial charge in [0.05, 0.1) is 12.1 Å². The minimum atomic E-state index is -0.586. The molecule has 118 valence electrons. The average molecular weight is 293 g/mol. The van der Waals surface area contributed by atoms with E-state index in [0.29, 0.717) is 0 Å². The number of aryl methyl sites for hydroxylation is 1. The van der Waals surface area contributed by atoms with E-state index in [1.165, 1.54) is 0 Å². The summed E-state index contributed by atoms with van der Waals surface area (Å²) in [7, 11) is 3.97. The molecule has 1 atom stereocenters. The van der Waals surface area contributed by atoms with Crippen molar-refractivity contribution in [3.8, 4) is 0 Å². The minimum Gasteiger partial charge on any atom is -0.394 e. The number of hydrogen-bond acceptors (Lipinski definition) is 3. The molecule has 0 fully saturated rings. The predicted molar refractivity (Wildman–Crippen MR) is 88.1 cm³/mol. The Balaban J connectivity index is 2.73. The first-order valence-electron chi connectivity index (χ1n) is 7.29. The van der Waals surface area contributed by atoms with Crippen molar-refractivity contribution in [2.45, 2.75) is 39.2 Å². The molecule has 0 saturated carbocycles. The highest BCUT2D eigenvalue weighted by molar-refractivity contribution is 5.90. The van der Waals surface area contributed by atoms with E-state index in [1.54, 1.807) is 0 Å². The lowest BCUT2D eigenvalue weighted by Crippen LogP contribution is -2.50. The molecule has 0 aliphatic rings. The topological polar surface area (TPSA) is 64.6 Å². The molecule has 1 aromatic carbocycles. The first-order valence-corrected chi connectivity index (χ1v) is 7.29. The van der Waals surface area contributed by atoms with Crippen molar-refractivity contribution in [3.63, 3.8) is 0 Å². The molecule has 21 heavy (non-hydrogen) atoms. The smallest absolute Gasteiger partial charge is 0.319 e. The molecule has 1 rings (SSSR count). The summed E-state index contributed by atoms with van der Waals surface area (Å²) < 4.78 is 0. The molecule has 0 aromatic heterocycles. The van der Waals surface area contributed by atoms with Gasteiger partial charge >= 0.3 is 6.03 Å². The Morgan fingerprint density at radius 2 is 2.05 bits per heavy atom. The fourth-order valence-electron chi connectivity index (χ4n) is 2.40. The standard InChI is InChI=1S/C16H27N3O2/c1-6-9-16(3,11-20)18-15(21)17-13-7-8-14(19(4)5)12(2)10-13/h7-8,10,20H,6,9,11H2,1-5H3,(H2,17,18,21). The SMILES string of the molecule is CCCC(C)(CO)NC(=O)Nc1ccc(N(C)C)c(C)c1. The van der Waals surface area contributed by atoms with Gasteiger partial charge in [0.15, 0.2) is 0 Å². The molecule has 0 spiro atoms. The summed E-state index contributed by atoms with van der Waals surface area (Å²) in [5.41, 5.74) is 2.37. The van der Waals surface area contributed by atoms with Crippen molar-refractivity contribution in [2.75, 3.05) is 30.9 Å². The number of anilines is 2. The van der Waals surface area contributed by atoms with Crippen LogP contribution in [0.25, 0.3) is 0 Å². The number of aliphatic hydroxyl groups is 1. The van der Waals surface area contributed by atoms with E-state index in [0.717, 1.165) is 29.8 Å². The molecule has 1 aromatic rings. The van der Waals surface area contributed by atoms with Crippen LogP contribution in [0.1, 0.15) is 32.3 Å². The van der Waals surface area contributed by atoms with Gasteiger partial charge in [0.2, 0.25) is 0 Å². The van der Waals surface area contributed by atoms with E-state index in [4.69, 9.17) is 0 Å². The van der Waals surface area contributed by atoms with E-state index in [2.05, 4.69) is 10.6 Å². The molecule has 0 radical (unpaired) electrons. The maximum Gasteiger partial charge on any atom is 0.319 e. The van der Waals surface area contributed by atoms with Crippen LogP contribution in [0.4, 0.5) is 16.2 Å². The van der Waals surface area contributed by atoms with Gasteiger partial charge in [0.25, 0.3) is 0 Å². The number of carbonyl (C=O) groups excluding carboxylic acids is 1. The summed E-state index contributed by atoms with van der Waals surface area (Å²) in [6, 6.07) is 5.49. The highest BCUT2D eigenvalue weighted by Crippen LogP contribution is 2.22. The largest absolute Gasteiger partial charge is 0.394 e. The van der Waals surface area contributed by atoms with Gasteiger partial charge in [-0.25, -0.2) is 4.79 Å². The Morgan fingerprint density at radius 3 is 2.52 bits per heavy atom. The molecule has 5 nitrogen and oxygen atoms in total. The third-order valence-electron chi connectivity index (χ3n) is 3.50. The van der Waals surface area contributed by atoms with Gasteiger partial charge in [-0.05, 0) is 44.0 Å². The van der Waals surface area contributed by atoms with E-state index in [9.17, 15) is 9.90 Å². The predicted octanol–water partition coefficient (Wildman–Crippen LogP) is 2.73. The molecule has 0 bridgehead atoms. The summed E-state index contributed by atoms with van der Waals surface area (Å²) in [5, 5.41) is 15.1. The highest BCUT2D eigenvalue weighted by Gasteiger charge is 2.24. The summed E-state index contributed by atoms with van der Waals surface area (Å²) in [6.45, 7) is 5.80. The van der Waals surface area contributed by atoms with Crippen LogP contribution in [-0.2, 0) is 0 Å². The monoisotopic (exact) mass is 293 g/mol. The van der Waals surface area contributed by atoms with Crippen LogP contribution in [0.2, 0.25) is 0 Å². The third kappa shape index (κ3) is 4.93. The zero-order valence-corrected chi connectivity index (χ0v) is 13.7. The first-order chi connectivity index (χ1) is 9.81. The lowest BCUT2D eigenvalue weighted by molar-refractivity contribution is 0.167. The molecule has 0 saturated heterocycles. The maximum absolute atomic E-state index is 12.0. The molecule has 5 heteroatoms. The van der Waals surface area contributed by atoms with Crippen molar-refractivity contribution in [1.82, 2.24) is 5.32 Å². The molecule has 0 aliphatic heterocycles.